The van der Waals surface area contributed by atoms with Gasteiger partial charge in [0, 0.05) is 12.1 Å². The molecule has 0 atom stereocenters. The maximum absolute atomic E-state index is 12.9. The number of hydrogen-bond donors (Lipinski definition) is 2. The number of hydrogen-bond acceptors (Lipinski definition) is 7. The number of carbonyl (C=O) groups excluding carboxylic acids is 1. The first-order chi connectivity index (χ1) is 15.9. The molecule has 3 rings (SSSR count). The number of nitrogens with two attached hydrogens (primary N) is 1. The zero-order valence-corrected chi connectivity index (χ0v) is 18.9. The smallest absolute Gasteiger partial charge is 0.410 e. The fourth-order valence-corrected chi connectivity index (χ4v) is 2.22. The fraction of sp³-hybridized carbons (Fsp3) is 0.381. The van der Waals surface area contributed by atoms with Gasteiger partial charge in [-0.2, -0.15) is 26.3 Å². The van der Waals surface area contributed by atoms with E-state index in [0.29, 0.717) is 5.75 Å². The number of benzene rings is 1. The number of halogens is 6. The Bertz CT molecular complexity index is 1120. The van der Waals surface area contributed by atoms with Gasteiger partial charge in [0.1, 0.15) is 16.6 Å². The summed E-state index contributed by atoms with van der Waals surface area (Å²) in [6.45, 7) is 3.93. The van der Waals surface area contributed by atoms with Crippen molar-refractivity contribution in [3.05, 3.63) is 54.0 Å². The second-order valence-electron chi connectivity index (χ2n) is 8.27. The van der Waals surface area contributed by atoms with E-state index in [2.05, 4.69) is 24.7 Å². The van der Waals surface area contributed by atoms with Gasteiger partial charge in [-0.25, -0.2) is 4.79 Å². The van der Waals surface area contributed by atoms with Crippen molar-refractivity contribution in [1.29, 1.82) is 0 Å². The maximum Gasteiger partial charge on any atom is 0.418 e. The molecular weight excluding hydrogens is 486 g/mol. The molecule has 0 unspecified atom stereocenters. The Hall–Kier alpha value is -3.71. The molecule has 2 aromatic heterocycles. The molecule has 0 saturated carbocycles. The summed E-state index contributed by atoms with van der Waals surface area (Å²) in [6, 6.07) is 10.3. The number of carbonyl (C=O) groups is 1. The van der Waals surface area contributed by atoms with Crippen molar-refractivity contribution >= 4 is 17.7 Å². The van der Waals surface area contributed by atoms with Crippen molar-refractivity contribution < 1.29 is 44.9 Å². The van der Waals surface area contributed by atoms with Crippen LogP contribution in [0.2, 0.25) is 0 Å². The van der Waals surface area contributed by atoms with Crippen LogP contribution in [0.25, 0.3) is 0 Å². The minimum atomic E-state index is -4.51. The molecule has 8 nitrogen and oxygen atoms in total. The van der Waals surface area contributed by atoms with Crippen LogP contribution in [0.3, 0.4) is 0 Å². The minimum absolute atomic E-state index is 0.0488. The highest BCUT2D eigenvalue weighted by Gasteiger charge is 2.52. The van der Waals surface area contributed by atoms with Gasteiger partial charge in [0.25, 0.3) is 0 Å². The Labute approximate surface area is 195 Å². The first kappa shape index (κ1) is 27.5. The van der Waals surface area contributed by atoms with Crippen LogP contribution in [-0.2, 0) is 10.8 Å². The number of nitrogen functional groups attached to an aromatic ring is 1. The predicted octanol–water partition coefficient (Wildman–Crippen LogP) is 6.22. The molecule has 0 aliphatic rings. The number of para-hydroxylation sites is 1. The van der Waals surface area contributed by atoms with Gasteiger partial charge in [-0.3, -0.25) is 5.32 Å². The Morgan fingerprint density at radius 3 is 1.80 bits per heavy atom. The molecule has 0 saturated heterocycles. The number of anilines is 2. The van der Waals surface area contributed by atoms with Crippen molar-refractivity contribution in [3.8, 4) is 5.75 Å². The third kappa shape index (κ3) is 6.67. The minimum Gasteiger partial charge on any atom is -0.410 e. The van der Waals surface area contributed by atoms with E-state index in [1.165, 1.54) is 0 Å². The Balaban J connectivity index is 0.000000283. The Kier molecular flexibility index (Phi) is 7.77. The van der Waals surface area contributed by atoms with Gasteiger partial charge in [-0.05, 0) is 39.8 Å². The lowest BCUT2D eigenvalue weighted by Crippen LogP contribution is -2.35. The van der Waals surface area contributed by atoms with Crippen LogP contribution in [0, 0.1) is 0 Å². The average molecular weight is 508 g/mol. The number of ether oxygens (including phenoxy) is 1. The molecule has 0 bridgehead atoms. The molecule has 192 valence electrons. The number of nitrogens with zero attached hydrogens (tertiary/aromatic N) is 2. The van der Waals surface area contributed by atoms with E-state index in [-0.39, 0.29) is 17.4 Å². The lowest BCUT2D eigenvalue weighted by atomic mass is 9.89. The van der Waals surface area contributed by atoms with Gasteiger partial charge < -0.3 is 19.5 Å². The van der Waals surface area contributed by atoms with Crippen LogP contribution in [0.15, 0.2) is 51.5 Å². The molecule has 0 fully saturated rings. The summed E-state index contributed by atoms with van der Waals surface area (Å²) in [5.74, 6) is -0.604. The lowest BCUT2D eigenvalue weighted by molar-refractivity contribution is -0.186. The first-order valence-corrected chi connectivity index (χ1v) is 9.82. The molecule has 0 aliphatic heterocycles. The Morgan fingerprint density at radius 2 is 1.34 bits per heavy atom. The molecule has 3 aromatic rings. The average Bonchev–Trinajstić information content (AvgIpc) is 3.37. The summed E-state index contributed by atoms with van der Waals surface area (Å²) in [7, 11) is 0. The molecule has 3 N–H and O–H groups in total. The van der Waals surface area contributed by atoms with Crippen LogP contribution in [0.1, 0.15) is 39.2 Å². The van der Waals surface area contributed by atoms with E-state index in [0.717, 1.165) is 39.8 Å². The predicted molar refractivity (Wildman–Crippen MR) is 112 cm³/mol. The zero-order valence-electron chi connectivity index (χ0n) is 18.9. The topological polar surface area (TPSA) is 116 Å². The second kappa shape index (κ2) is 9.88. The molecule has 1 aromatic carbocycles. The number of nitrogens with one attached hydrogen (secondary N) is 1. The molecule has 14 heteroatoms. The van der Waals surface area contributed by atoms with Crippen molar-refractivity contribution in [2.75, 3.05) is 11.1 Å². The van der Waals surface area contributed by atoms with E-state index in [4.69, 9.17) is 10.5 Å². The normalized spacial score (nSPS) is 12.5. The van der Waals surface area contributed by atoms with Crippen molar-refractivity contribution in [2.45, 2.75) is 50.9 Å². The van der Waals surface area contributed by atoms with Gasteiger partial charge >= 0.3 is 18.4 Å². The number of rotatable bonds is 4. The summed E-state index contributed by atoms with van der Waals surface area (Å²) in [5, 5.41) is 8.79. The van der Waals surface area contributed by atoms with Gasteiger partial charge in [0.2, 0.25) is 0 Å². The monoisotopic (exact) mass is 508 g/mol. The van der Waals surface area contributed by atoms with E-state index in [1.54, 1.807) is 30.3 Å². The van der Waals surface area contributed by atoms with Crippen LogP contribution < -0.4 is 15.8 Å². The molecule has 1 amide bonds. The summed E-state index contributed by atoms with van der Waals surface area (Å²) < 4.78 is 89.9. The number of aromatic nitrogens is 2. The quantitative estimate of drug-likeness (QED) is 0.402. The number of alkyl halides is 6. The number of amides is 1. The summed E-state index contributed by atoms with van der Waals surface area (Å²) in [4.78, 5) is 11.6. The SMILES string of the molecule is CC(C)(c1cc(N)no1)C(F)(F)F.CC(C)(c1cc(NC(=O)Oc2ccccc2)no1)C(F)(F)F. The highest BCUT2D eigenvalue weighted by atomic mass is 19.4. The molecule has 0 radical (unpaired) electrons. The van der Waals surface area contributed by atoms with Crippen molar-refractivity contribution in [2.24, 2.45) is 0 Å². The highest BCUT2D eigenvalue weighted by molar-refractivity contribution is 5.85. The first-order valence-electron chi connectivity index (χ1n) is 9.82. The van der Waals surface area contributed by atoms with Gasteiger partial charge in [0.15, 0.2) is 23.2 Å². The third-order valence-corrected chi connectivity index (χ3v) is 4.87. The van der Waals surface area contributed by atoms with Gasteiger partial charge in [-0.15, -0.1) is 0 Å². The standard InChI is InChI=1S/C14H13F3N2O3.C7H9F3N2O/c1-13(2,14(15,16)17)10-8-11(19-22-10)18-12(20)21-9-6-4-3-5-7-9;1-6(2,7(8,9)10)4-3-5(11)12-13-4/h3-8H,1-2H3,(H,18,19,20);3H,1-2H3,(H2,11,12). The Morgan fingerprint density at radius 1 is 0.857 bits per heavy atom. The summed E-state index contributed by atoms with van der Waals surface area (Å²) >= 11 is 0. The zero-order chi connectivity index (χ0) is 26.7. The van der Waals surface area contributed by atoms with Crippen LogP contribution in [0.4, 0.5) is 42.8 Å². The molecular formula is C21H22F6N4O4. The van der Waals surface area contributed by atoms with E-state index in [9.17, 15) is 31.1 Å². The van der Waals surface area contributed by atoms with E-state index < -0.39 is 35.0 Å². The summed E-state index contributed by atoms with van der Waals surface area (Å²) in [6.07, 6.45) is -9.76. The molecule has 0 spiro atoms. The molecule has 35 heavy (non-hydrogen) atoms. The maximum atomic E-state index is 12.9. The van der Waals surface area contributed by atoms with Crippen LogP contribution >= 0.6 is 0 Å². The van der Waals surface area contributed by atoms with Gasteiger partial charge in [-0.1, -0.05) is 28.5 Å². The summed E-state index contributed by atoms with van der Waals surface area (Å²) in [5.41, 5.74) is 0.869. The van der Waals surface area contributed by atoms with Crippen molar-refractivity contribution in [1.82, 2.24) is 10.3 Å². The molecule has 0 aliphatic carbocycles. The highest BCUT2D eigenvalue weighted by Crippen LogP contribution is 2.41. The molecule has 2 heterocycles. The largest absolute Gasteiger partial charge is 0.418 e. The van der Waals surface area contributed by atoms with E-state index in [1.807, 2.05) is 0 Å². The fourth-order valence-electron chi connectivity index (χ4n) is 2.22. The lowest BCUT2D eigenvalue weighted by Gasteiger charge is -2.24. The van der Waals surface area contributed by atoms with Gasteiger partial charge in [0.05, 0.1) is 0 Å². The second-order valence-corrected chi connectivity index (χ2v) is 8.27. The van der Waals surface area contributed by atoms with Crippen LogP contribution in [0.5, 0.6) is 5.75 Å². The third-order valence-electron chi connectivity index (χ3n) is 4.87. The van der Waals surface area contributed by atoms with Crippen LogP contribution in [-0.4, -0.2) is 28.8 Å². The van der Waals surface area contributed by atoms with Crippen molar-refractivity contribution in [3.63, 3.8) is 0 Å². The van der Waals surface area contributed by atoms with E-state index >= 15 is 0 Å².